The molecule has 0 bridgehead atoms. The van der Waals surface area contributed by atoms with E-state index in [0.717, 1.165) is 17.5 Å². The Morgan fingerprint density at radius 2 is 2.21 bits per heavy atom. The lowest BCUT2D eigenvalue weighted by atomic mass is 10.0. The fourth-order valence-electron chi connectivity index (χ4n) is 2.71. The van der Waals surface area contributed by atoms with Crippen molar-refractivity contribution < 1.29 is 23.8 Å². The standard InChI is InChI=1S/C12H18BrNO5/c1-12(2)17-10-9(15-3)8(16-11(10)18-12)7-4-6(5-13)19-14-7/h6,8-11H,4-5H2,1-3H3/t6?,8-,9+,10-,11-/m1/s1. The average molecular weight is 336 g/mol. The van der Waals surface area contributed by atoms with Gasteiger partial charge in [0.15, 0.2) is 12.1 Å². The second-order valence-corrected chi connectivity index (χ2v) is 6.04. The summed E-state index contributed by atoms with van der Waals surface area (Å²) in [4.78, 5) is 5.31. The molecule has 2 saturated heterocycles. The summed E-state index contributed by atoms with van der Waals surface area (Å²) in [5.74, 6) is -0.635. The van der Waals surface area contributed by atoms with Gasteiger partial charge in [-0.25, -0.2) is 0 Å². The SMILES string of the molecule is CO[C@@H]1[C@H]2OC(C)(C)O[C@H]2O[C@@H]1C1=NOC(CBr)C1. The molecule has 5 atom stereocenters. The van der Waals surface area contributed by atoms with E-state index in [1.54, 1.807) is 7.11 Å². The summed E-state index contributed by atoms with van der Waals surface area (Å²) in [6, 6.07) is 0. The molecule has 0 amide bonds. The van der Waals surface area contributed by atoms with Gasteiger partial charge in [0.25, 0.3) is 0 Å². The van der Waals surface area contributed by atoms with Crippen LogP contribution in [0.1, 0.15) is 20.3 Å². The van der Waals surface area contributed by atoms with E-state index in [-0.39, 0.29) is 24.4 Å². The van der Waals surface area contributed by atoms with Crippen LogP contribution in [0.25, 0.3) is 0 Å². The minimum absolute atomic E-state index is 0.0647. The molecule has 0 radical (unpaired) electrons. The van der Waals surface area contributed by atoms with Crippen molar-refractivity contribution in [3.05, 3.63) is 0 Å². The van der Waals surface area contributed by atoms with E-state index in [1.807, 2.05) is 13.8 Å². The number of hydrogen-bond acceptors (Lipinski definition) is 6. The number of rotatable bonds is 3. The van der Waals surface area contributed by atoms with Crippen LogP contribution < -0.4 is 0 Å². The summed E-state index contributed by atoms with van der Waals surface area (Å²) >= 11 is 3.39. The first-order chi connectivity index (χ1) is 9.04. The highest BCUT2D eigenvalue weighted by Crippen LogP contribution is 2.39. The minimum atomic E-state index is -0.635. The maximum atomic E-state index is 5.90. The maximum Gasteiger partial charge on any atom is 0.190 e. The summed E-state index contributed by atoms with van der Waals surface area (Å²) in [6.07, 6.45) is -0.317. The zero-order valence-corrected chi connectivity index (χ0v) is 12.8. The molecule has 0 aromatic rings. The van der Waals surface area contributed by atoms with Crippen LogP contribution in [0, 0.1) is 0 Å². The van der Waals surface area contributed by atoms with Crippen molar-refractivity contribution in [1.29, 1.82) is 0 Å². The lowest BCUT2D eigenvalue weighted by Crippen LogP contribution is -2.40. The molecule has 3 heterocycles. The highest BCUT2D eigenvalue weighted by molar-refractivity contribution is 9.09. The number of nitrogens with zero attached hydrogens (tertiary/aromatic N) is 1. The van der Waals surface area contributed by atoms with Crippen molar-refractivity contribution >= 4 is 21.6 Å². The molecule has 0 spiro atoms. The van der Waals surface area contributed by atoms with Gasteiger partial charge in [0.2, 0.25) is 0 Å². The maximum absolute atomic E-state index is 5.90. The zero-order valence-electron chi connectivity index (χ0n) is 11.2. The number of methoxy groups -OCH3 is 1. The van der Waals surface area contributed by atoms with Crippen LogP contribution in [-0.4, -0.2) is 54.6 Å². The van der Waals surface area contributed by atoms with E-state index < -0.39 is 12.1 Å². The molecule has 0 saturated carbocycles. The molecule has 2 fully saturated rings. The Morgan fingerprint density at radius 3 is 2.84 bits per heavy atom. The van der Waals surface area contributed by atoms with Crippen molar-refractivity contribution in [2.75, 3.05) is 12.4 Å². The van der Waals surface area contributed by atoms with Crippen molar-refractivity contribution in [1.82, 2.24) is 0 Å². The first kappa shape index (κ1) is 13.8. The van der Waals surface area contributed by atoms with Crippen LogP contribution in [0.4, 0.5) is 0 Å². The molecule has 3 aliphatic rings. The van der Waals surface area contributed by atoms with Gasteiger partial charge in [-0.15, -0.1) is 0 Å². The van der Waals surface area contributed by atoms with E-state index in [2.05, 4.69) is 21.1 Å². The van der Waals surface area contributed by atoms with E-state index in [0.29, 0.717) is 0 Å². The normalized spacial score (nSPS) is 44.0. The van der Waals surface area contributed by atoms with Gasteiger partial charge in [0, 0.05) is 18.9 Å². The molecule has 0 aliphatic carbocycles. The molecular weight excluding hydrogens is 318 g/mol. The predicted octanol–water partition coefficient (Wildman–Crippen LogP) is 1.42. The molecular formula is C12H18BrNO5. The Balaban J connectivity index is 1.72. The van der Waals surface area contributed by atoms with Crippen LogP contribution in [0.2, 0.25) is 0 Å². The van der Waals surface area contributed by atoms with Crippen LogP contribution in [-0.2, 0) is 23.8 Å². The Kier molecular flexibility index (Phi) is 3.59. The van der Waals surface area contributed by atoms with E-state index in [4.69, 9.17) is 23.8 Å². The fraction of sp³-hybridized carbons (Fsp3) is 0.917. The highest BCUT2D eigenvalue weighted by atomic mass is 79.9. The summed E-state index contributed by atoms with van der Waals surface area (Å²) < 4.78 is 23.0. The Bertz CT molecular complexity index is 388. The molecule has 1 unspecified atom stereocenters. The quantitative estimate of drug-likeness (QED) is 0.730. The first-order valence-corrected chi connectivity index (χ1v) is 7.48. The number of halogens is 1. The van der Waals surface area contributed by atoms with Gasteiger partial charge in [-0.1, -0.05) is 21.1 Å². The molecule has 3 rings (SSSR count). The van der Waals surface area contributed by atoms with Crippen molar-refractivity contribution in [2.45, 2.75) is 56.8 Å². The molecule has 19 heavy (non-hydrogen) atoms. The van der Waals surface area contributed by atoms with Gasteiger partial charge >= 0.3 is 0 Å². The largest absolute Gasteiger partial charge is 0.391 e. The van der Waals surface area contributed by atoms with Crippen LogP contribution in [0.15, 0.2) is 5.16 Å². The monoisotopic (exact) mass is 335 g/mol. The molecule has 108 valence electrons. The second kappa shape index (κ2) is 4.96. The third-order valence-electron chi connectivity index (χ3n) is 3.52. The predicted molar refractivity (Wildman–Crippen MR) is 70.2 cm³/mol. The van der Waals surface area contributed by atoms with E-state index >= 15 is 0 Å². The van der Waals surface area contributed by atoms with E-state index in [1.165, 1.54) is 0 Å². The topological polar surface area (TPSA) is 58.5 Å². The Hall–Kier alpha value is -0.210. The van der Waals surface area contributed by atoms with Crippen molar-refractivity contribution in [3.63, 3.8) is 0 Å². The summed E-state index contributed by atoms with van der Waals surface area (Å²) in [5.41, 5.74) is 0.857. The third-order valence-corrected chi connectivity index (χ3v) is 4.24. The van der Waals surface area contributed by atoms with Gasteiger partial charge in [-0.05, 0) is 13.8 Å². The lowest BCUT2D eigenvalue weighted by Gasteiger charge is -2.24. The lowest BCUT2D eigenvalue weighted by molar-refractivity contribution is -0.208. The van der Waals surface area contributed by atoms with Gasteiger partial charge < -0.3 is 23.8 Å². The number of oxime groups is 1. The Labute approximate surface area is 120 Å². The summed E-state index contributed by atoms with van der Waals surface area (Å²) in [6.45, 7) is 3.74. The van der Waals surface area contributed by atoms with Gasteiger partial charge in [0.1, 0.15) is 24.4 Å². The molecule has 7 heteroatoms. The third kappa shape index (κ3) is 2.42. The number of hydrogen-bond donors (Lipinski definition) is 0. The highest BCUT2D eigenvalue weighted by Gasteiger charge is 2.56. The van der Waals surface area contributed by atoms with Crippen LogP contribution >= 0.6 is 15.9 Å². The van der Waals surface area contributed by atoms with Gasteiger partial charge in [0.05, 0.1) is 5.71 Å². The minimum Gasteiger partial charge on any atom is -0.391 e. The van der Waals surface area contributed by atoms with Gasteiger partial charge in [-0.2, -0.15) is 0 Å². The van der Waals surface area contributed by atoms with Crippen molar-refractivity contribution in [3.8, 4) is 0 Å². The molecule has 3 aliphatic heterocycles. The van der Waals surface area contributed by atoms with Crippen LogP contribution in [0.3, 0.4) is 0 Å². The summed E-state index contributed by atoms with van der Waals surface area (Å²) in [7, 11) is 1.65. The number of fused-ring (bicyclic) bond motifs is 1. The number of alkyl halides is 1. The van der Waals surface area contributed by atoms with Gasteiger partial charge in [-0.3, -0.25) is 0 Å². The fourth-order valence-corrected chi connectivity index (χ4v) is 3.05. The molecule has 0 aromatic heterocycles. The molecule has 6 nitrogen and oxygen atoms in total. The van der Waals surface area contributed by atoms with E-state index in [9.17, 15) is 0 Å². The van der Waals surface area contributed by atoms with Crippen LogP contribution in [0.5, 0.6) is 0 Å². The zero-order chi connectivity index (χ0) is 13.6. The molecule has 0 aromatic carbocycles. The average Bonchev–Trinajstić information content (AvgIpc) is 2.99. The molecule has 0 N–H and O–H groups in total. The smallest absolute Gasteiger partial charge is 0.190 e. The number of ether oxygens (including phenoxy) is 4. The first-order valence-electron chi connectivity index (χ1n) is 6.36. The van der Waals surface area contributed by atoms with Crippen molar-refractivity contribution in [2.24, 2.45) is 5.16 Å². The second-order valence-electron chi connectivity index (χ2n) is 5.39. The Morgan fingerprint density at radius 1 is 1.42 bits per heavy atom. The summed E-state index contributed by atoms with van der Waals surface area (Å²) in [5, 5.41) is 4.85.